The van der Waals surface area contributed by atoms with Crippen molar-refractivity contribution in [3.63, 3.8) is 0 Å². The largest absolute Gasteiger partial charge is 0.484 e. The quantitative estimate of drug-likeness (QED) is 0.0335. The summed E-state index contributed by atoms with van der Waals surface area (Å²) in [6.07, 6.45) is 5.71. The van der Waals surface area contributed by atoms with Crippen LogP contribution in [0.2, 0.25) is 10.0 Å². The molecule has 0 unspecified atom stereocenters. The van der Waals surface area contributed by atoms with Crippen LogP contribution in [0, 0.1) is 43.6 Å². The minimum absolute atomic E-state index is 0.0289. The number of aryl methyl sites for hydroxylation is 2. The predicted molar refractivity (Wildman–Crippen MR) is 336 cm³/mol. The molecule has 0 aromatic heterocycles. The van der Waals surface area contributed by atoms with Crippen molar-refractivity contribution >= 4 is 60.8 Å². The Morgan fingerprint density at radius 3 is 1.68 bits per heavy atom. The Kier molecular flexibility index (Phi) is 24.9. The van der Waals surface area contributed by atoms with Crippen LogP contribution in [0.15, 0.2) is 70.5 Å². The number of Topliss-reactive ketones (excluding diaryl/α,β-unsaturated/α-hetero) is 1. The molecule has 2 heterocycles. The molecular weight excluding hydrogens is 1210 g/mol. The van der Waals surface area contributed by atoms with Crippen LogP contribution >= 0.6 is 23.2 Å². The van der Waals surface area contributed by atoms with Crippen LogP contribution in [0.4, 0.5) is 10.5 Å². The Bertz CT molecular complexity index is 3180. The van der Waals surface area contributed by atoms with Gasteiger partial charge in [0.15, 0.2) is 5.69 Å². The van der Waals surface area contributed by atoms with Crippen LogP contribution in [0.25, 0.3) is 4.85 Å². The van der Waals surface area contributed by atoms with Crippen molar-refractivity contribution in [3.8, 4) is 17.6 Å². The number of ketones is 1. The highest BCUT2D eigenvalue weighted by atomic mass is 35.5. The van der Waals surface area contributed by atoms with Crippen LogP contribution in [-0.2, 0) is 56.6 Å². The number of unbranched alkanes of at least 4 members (excludes halogenated alkanes) is 2. The van der Waals surface area contributed by atoms with Crippen molar-refractivity contribution in [2.24, 2.45) is 11.8 Å². The maximum Gasteiger partial charge on any atom is 0.314 e. The molecule has 24 heteroatoms. The lowest BCUT2D eigenvalue weighted by Gasteiger charge is -2.28. The second kappa shape index (κ2) is 32.0. The van der Waals surface area contributed by atoms with Crippen LogP contribution < -0.4 is 20.1 Å². The van der Waals surface area contributed by atoms with Crippen molar-refractivity contribution < 1.29 is 54.8 Å². The van der Waals surface area contributed by atoms with Gasteiger partial charge in [0, 0.05) is 68.8 Å². The molecule has 0 bridgehead atoms. The maximum absolute atomic E-state index is 13.7. The van der Waals surface area contributed by atoms with Gasteiger partial charge < -0.3 is 48.9 Å². The molecule has 4 aromatic rings. The van der Waals surface area contributed by atoms with Crippen molar-refractivity contribution in [3.05, 3.63) is 121 Å². The first kappa shape index (κ1) is 68.5. The minimum atomic E-state index is -3.75. The number of urea groups is 1. The average molecular weight is 1290 g/mol. The summed E-state index contributed by atoms with van der Waals surface area (Å²) in [7, 11) is 0.386. The van der Waals surface area contributed by atoms with E-state index in [2.05, 4.69) is 31.3 Å². The zero-order valence-corrected chi connectivity index (χ0v) is 54.5. The van der Waals surface area contributed by atoms with Gasteiger partial charge in [0.05, 0.1) is 86.3 Å². The number of nitrogens with one attached hydrogen (secondary N) is 2. The Morgan fingerprint density at radius 2 is 1.15 bits per heavy atom. The number of nitrogens with zero attached hydrogens (tertiary/aromatic N) is 6. The lowest BCUT2D eigenvalue weighted by Crippen LogP contribution is -2.37. The molecule has 88 heavy (non-hydrogen) atoms. The molecule has 2 amide bonds. The third-order valence-electron chi connectivity index (χ3n) is 16.9. The summed E-state index contributed by atoms with van der Waals surface area (Å²) >= 11 is 12.8. The Balaban J connectivity index is 0.597. The lowest BCUT2D eigenvalue weighted by atomic mass is 10.0. The summed E-state index contributed by atoms with van der Waals surface area (Å²) in [5.74, 6) is 1.42. The maximum atomic E-state index is 13.7. The van der Waals surface area contributed by atoms with E-state index < -0.39 is 26.2 Å². The molecule has 8 rings (SSSR count). The predicted octanol–water partition coefficient (Wildman–Crippen LogP) is 9.24. The van der Waals surface area contributed by atoms with E-state index in [-0.39, 0.29) is 51.6 Å². The number of benzene rings is 4. The van der Waals surface area contributed by atoms with Gasteiger partial charge in [-0.25, -0.2) is 26.5 Å². The van der Waals surface area contributed by atoms with Gasteiger partial charge in [0.1, 0.15) is 29.5 Å². The van der Waals surface area contributed by atoms with E-state index in [1.54, 1.807) is 48.5 Å². The fourth-order valence-electron chi connectivity index (χ4n) is 12.0. The van der Waals surface area contributed by atoms with E-state index in [1.807, 2.05) is 54.2 Å². The van der Waals surface area contributed by atoms with E-state index >= 15 is 0 Å². The van der Waals surface area contributed by atoms with E-state index in [9.17, 15) is 31.7 Å². The Labute approximate surface area is 529 Å². The van der Waals surface area contributed by atoms with Crippen LogP contribution in [0.3, 0.4) is 0 Å². The lowest BCUT2D eigenvalue weighted by molar-refractivity contribution is -0.119. The smallest absolute Gasteiger partial charge is 0.314 e. The molecule has 2 N–H and O–H groups in total. The Morgan fingerprint density at radius 1 is 0.648 bits per heavy atom. The number of hydrogen-bond donors (Lipinski definition) is 2. The summed E-state index contributed by atoms with van der Waals surface area (Å²) < 4.78 is 94.1. The first-order chi connectivity index (χ1) is 42.2. The summed E-state index contributed by atoms with van der Waals surface area (Å²) in [6, 6.07) is 18.9. The number of nitriles is 1. The first-order valence-corrected chi connectivity index (χ1v) is 34.0. The molecule has 20 nitrogen and oxygen atoms in total. The number of ether oxygens (including phenoxy) is 6. The van der Waals surface area contributed by atoms with Crippen molar-refractivity contribution in [1.82, 2.24) is 29.0 Å². The van der Waals surface area contributed by atoms with Gasteiger partial charge in [-0.1, -0.05) is 29.6 Å². The van der Waals surface area contributed by atoms with Gasteiger partial charge in [-0.05, 0) is 193 Å². The Hall–Kier alpha value is -5.44. The number of likely N-dealkylation sites (N-methyl/N-ethyl adjacent to an activating group) is 2. The van der Waals surface area contributed by atoms with Crippen LogP contribution in [0.5, 0.6) is 11.5 Å². The van der Waals surface area contributed by atoms with Gasteiger partial charge in [0.25, 0.3) is 0 Å². The zero-order chi connectivity index (χ0) is 63.1. The second-order valence-corrected chi connectivity index (χ2v) is 28.4. The normalized spacial score (nSPS) is 20.3. The number of sulfonamides is 2. The number of fused-ring (bicyclic) bond motifs is 2. The van der Waals surface area contributed by atoms with Gasteiger partial charge in [-0.2, -0.15) is 13.9 Å². The van der Waals surface area contributed by atoms with Gasteiger partial charge in [-0.15, -0.1) is 0 Å². The van der Waals surface area contributed by atoms with Crippen LogP contribution in [0.1, 0.15) is 103 Å². The number of rotatable bonds is 33. The van der Waals surface area contributed by atoms with E-state index in [1.165, 1.54) is 8.61 Å². The molecule has 6 atom stereocenters. The minimum Gasteiger partial charge on any atom is -0.484 e. The molecular formula is C64H84Cl2N8O12S2. The topological polar surface area (TPSA) is 223 Å². The van der Waals surface area contributed by atoms with Gasteiger partial charge >= 0.3 is 6.03 Å². The zero-order valence-electron chi connectivity index (χ0n) is 51.4. The summed E-state index contributed by atoms with van der Waals surface area (Å²) in [4.78, 5) is 33.0. The van der Waals surface area contributed by atoms with Crippen molar-refractivity contribution in [2.45, 2.75) is 112 Å². The average Bonchev–Trinajstić information content (AvgIpc) is 2.00. The van der Waals surface area contributed by atoms with Crippen molar-refractivity contribution in [1.29, 1.82) is 5.26 Å². The van der Waals surface area contributed by atoms with E-state index in [4.69, 9.17) is 58.2 Å². The molecule has 0 radical (unpaired) electrons. The third kappa shape index (κ3) is 17.7. The molecule has 478 valence electrons. The SMILES string of the molecule is [C-]#[N+]c1cc(Cl)cc2c1C[C@H](N(C)C)[C@H]2Oc1ccc(S(=O)(=O)N2CC[C@@H](COCCOCCCC(=O)CCCCCNC(=O)NCCOCCOC[C@@H]3CCN(S(=O)(=O)c4ccc(O[C@H]5c6cc(Cl)cc(C#N)c6C[C@@H]5N(C)C)c(C)c4)C3)C2)cc1C. The highest BCUT2D eigenvalue weighted by Crippen LogP contribution is 2.45. The highest BCUT2D eigenvalue weighted by Gasteiger charge is 2.41. The number of halogens is 2. The van der Waals surface area contributed by atoms with Crippen LogP contribution in [-0.4, -0.2) is 179 Å². The number of carbonyl (C=O) groups excluding carboxylic acids is 2. The van der Waals surface area contributed by atoms with Gasteiger partial charge in [0.2, 0.25) is 20.0 Å². The molecule has 0 spiro atoms. The molecule has 4 aromatic carbocycles. The summed E-state index contributed by atoms with van der Waals surface area (Å²) in [5.41, 5.74) is 6.02. The fraction of sp³-hybridized carbons (Fsp3) is 0.562. The standard InChI is InChI=1S/C64H84Cl2N8O12S2/c1-43-30-51(14-16-60(43)85-62-55-33-48(65)32-47(38-67)53(55)36-58(62)71(4)5)87(77,78)74-23-19-46(40-74)42-84-29-27-82-25-21-70-64(76)69-20-10-8-9-12-50(75)13-11-24-81-26-28-83-41-45-18-22-73(39-45)88(79,80)52-15-17-61(44(2)31-52)86-63-56-34-49(66)35-57(68-3)54(56)37-59(63)72(6)7/h14-17,30-35,45-46,58-59,62-63H,8-13,18-29,36-37,39-42H2,1-2,4-7H3,(H2,69,70,76)/t45-,46-,58+,59+,62+,63+/m1/s1. The monoisotopic (exact) mass is 1290 g/mol. The summed E-state index contributed by atoms with van der Waals surface area (Å²) in [5, 5.41) is 16.3. The molecule has 2 aliphatic heterocycles. The van der Waals surface area contributed by atoms with E-state index in [0.717, 1.165) is 41.5 Å². The second-order valence-electron chi connectivity index (χ2n) is 23.7. The number of hydrogen-bond acceptors (Lipinski definition) is 15. The van der Waals surface area contributed by atoms with Gasteiger partial charge in [-0.3, -0.25) is 4.79 Å². The molecule has 2 aliphatic carbocycles. The highest BCUT2D eigenvalue weighted by molar-refractivity contribution is 7.89. The summed E-state index contributed by atoms with van der Waals surface area (Å²) in [6.45, 7) is 16.7. The van der Waals surface area contributed by atoms with Crippen molar-refractivity contribution in [2.75, 3.05) is 120 Å². The van der Waals surface area contributed by atoms with E-state index in [0.29, 0.717) is 181 Å². The number of amides is 2. The molecule has 2 saturated heterocycles. The first-order valence-electron chi connectivity index (χ1n) is 30.3. The third-order valence-corrected chi connectivity index (χ3v) is 21.1. The fourth-order valence-corrected chi connectivity index (χ4v) is 15.6. The number of carbonyl (C=O) groups is 2. The molecule has 0 saturated carbocycles. The molecule has 4 aliphatic rings. The molecule has 2 fully saturated rings.